The zero-order valence-corrected chi connectivity index (χ0v) is 16.1. The van der Waals surface area contributed by atoms with Crippen molar-refractivity contribution in [3.05, 3.63) is 28.2 Å². The smallest absolute Gasteiger partial charge is 0.270 e. The first-order chi connectivity index (χ1) is 12.0. The summed E-state index contributed by atoms with van der Waals surface area (Å²) in [5, 5.41) is 5.79. The van der Waals surface area contributed by atoms with E-state index in [0.717, 1.165) is 15.8 Å². The maximum Gasteiger partial charge on any atom is 0.270 e. The van der Waals surface area contributed by atoms with Gasteiger partial charge in [0.25, 0.3) is 5.91 Å². The molecule has 0 aliphatic carbocycles. The summed E-state index contributed by atoms with van der Waals surface area (Å²) in [5.74, 6) is 0.967. The van der Waals surface area contributed by atoms with E-state index in [9.17, 15) is 9.59 Å². The highest BCUT2D eigenvalue weighted by Gasteiger charge is 2.29. The van der Waals surface area contributed by atoms with E-state index in [2.05, 4.69) is 21.0 Å². The van der Waals surface area contributed by atoms with Gasteiger partial charge in [0.15, 0.2) is 0 Å². The third-order valence-electron chi connectivity index (χ3n) is 4.22. The van der Waals surface area contributed by atoms with Gasteiger partial charge in [0, 0.05) is 29.4 Å². The molecule has 2 heterocycles. The molecule has 7 heteroatoms. The fourth-order valence-electron chi connectivity index (χ4n) is 2.96. The van der Waals surface area contributed by atoms with Crippen molar-refractivity contribution < 1.29 is 14.3 Å². The Hall–Kier alpha value is -1.89. The van der Waals surface area contributed by atoms with Crippen LogP contribution in [0.2, 0.25) is 0 Å². The average Bonchev–Trinajstić information content (AvgIpc) is 2.79. The zero-order chi connectivity index (χ0) is 18.0. The van der Waals surface area contributed by atoms with E-state index in [1.807, 2.05) is 32.0 Å². The number of benzene rings is 1. The molecule has 1 aromatic carbocycles. The number of rotatable bonds is 3. The Balaban J connectivity index is 1.80. The van der Waals surface area contributed by atoms with Crippen LogP contribution in [0.3, 0.4) is 0 Å². The molecule has 0 unspecified atom stereocenters. The van der Waals surface area contributed by atoms with Crippen molar-refractivity contribution >= 4 is 33.5 Å². The van der Waals surface area contributed by atoms with Gasteiger partial charge in [0.2, 0.25) is 5.91 Å². The van der Waals surface area contributed by atoms with Crippen molar-refractivity contribution in [1.29, 1.82) is 0 Å². The van der Waals surface area contributed by atoms with Crippen LogP contribution in [0.1, 0.15) is 32.3 Å². The van der Waals surface area contributed by atoms with Crippen molar-refractivity contribution in [3.63, 3.8) is 0 Å². The van der Waals surface area contributed by atoms with Crippen molar-refractivity contribution in [1.82, 2.24) is 9.91 Å². The monoisotopic (exact) mass is 407 g/mol. The predicted octanol–water partition coefficient (Wildman–Crippen LogP) is 2.80. The van der Waals surface area contributed by atoms with Gasteiger partial charge in [-0.2, -0.15) is 5.10 Å². The molecular weight excluding hydrogens is 386 g/mol. The molecule has 3 rings (SSSR count). The Labute approximate surface area is 155 Å². The van der Waals surface area contributed by atoms with Crippen LogP contribution in [-0.4, -0.2) is 47.1 Å². The van der Waals surface area contributed by atoms with E-state index in [0.29, 0.717) is 50.7 Å². The Morgan fingerprint density at radius 3 is 2.92 bits per heavy atom. The summed E-state index contributed by atoms with van der Waals surface area (Å²) in [7, 11) is 0. The number of halogens is 1. The van der Waals surface area contributed by atoms with E-state index in [1.54, 1.807) is 4.90 Å². The van der Waals surface area contributed by atoms with Gasteiger partial charge in [-0.25, -0.2) is 5.01 Å². The van der Waals surface area contributed by atoms with Crippen LogP contribution in [0.4, 0.5) is 0 Å². The third-order valence-corrected chi connectivity index (χ3v) is 4.96. The summed E-state index contributed by atoms with van der Waals surface area (Å²) in [4.78, 5) is 26.7. The van der Waals surface area contributed by atoms with Gasteiger partial charge >= 0.3 is 0 Å². The van der Waals surface area contributed by atoms with Crippen LogP contribution >= 0.6 is 15.9 Å². The molecule has 1 aromatic rings. The van der Waals surface area contributed by atoms with Gasteiger partial charge in [-0.05, 0) is 18.1 Å². The molecule has 2 aliphatic rings. The van der Waals surface area contributed by atoms with Gasteiger partial charge in [-0.3, -0.25) is 9.59 Å². The highest BCUT2D eigenvalue weighted by atomic mass is 79.9. The number of hydrogen-bond donors (Lipinski definition) is 0. The number of amides is 2. The van der Waals surface area contributed by atoms with Crippen molar-refractivity contribution in [2.24, 2.45) is 11.0 Å². The molecule has 0 aromatic heterocycles. The SMILES string of the molecule is CC(C)CN1N=C(C(=O)N2CCOc3cccc(Br)c3C2)CCC1=O. The van der Waals surface area contributed by atoms with E-state index < -0.39 is 0 Å². The largest absolute Gasteiger partial charge is 0.491 e. The summed E-state index contributed by atoms with van der Waals surface area (Å²) >= 11 is 3.53. The van der Waals surface area contributed by atoms with Crippen molar-refractivity contribution in [2.75, 3.05) is 19.7 Å². The molecule has 134 valence electrons. The molecule has 0 radical (unpaired) electrons. The number of ether oxygens (including phenoxy) is 1. The topological polar surface area (TPSA) is 62.2 Å². The van der Waals surface area contributed by atoms with Crippen LogP contribution in [0.5, 0.6) is 5.75 Å². The number of carbonyl (C=O) groups is 2. The zero-order valence-electron chi connectivity index (χ0n) is 14.5. The molecule has 0 saturated carbocycles. The minimum Gasteiger partial charge on any atom is -0.491 e. The molecule has 2 amide bonds. The Morgan fingerprint density at radius 1 is 1.36 bits per heavy atom. The molecular formula is C18H22BrN3O3. The fraction of sp³-hybridized carbons (Fsp3) is 0.500. The second-order valence-corrected chi connectivity index (χ2v) is 7.56. The first kappa shape index (κ1) is 17.9. The molecule has 0 spiro atoms. The van der Waals surface area contributed by atoms with Crippen LogP contribution in [0.25, 0.3) is 0 Å². The summed E-state index contributed by atoms with van der Waals surface area (Å²) in [5.41, 5.74) is 1.41. The standard InChI is InChI=1S/C18H22BrN3O3/c1-12(2)10-22-17(23)7-6-15(20-22)18(24)21-8-9-25-16-5-3-4-14(19)13(16)11-21/h3-5,12H,6-11H2,1-2H3. The molecule has 6 nitrogen and oxygen atoms in total. The molecule has 0 N–H and O–H groups in total. The van der Waals surface area contributed by atoms with Crippen LogP contribution in [0, 0.1) is 5.92 Å². The number of fused-ring (bicyclic) bond motifs is 1. The predicted molar refractivity (Wildman–Crippen MR) is 98.3 cm³/mol. The first-order valence-electron chi connectivity index (χ1n) is 8.53. The van der Waals surface area contributed by atoms with Gasteiger partial charge in [-0.15, -0.1) is 0 Å². The van der Waals surface area contributed by atoms with E-state index >= 15 is 0 Å². The lowest BCUT2D eigenvalue weighted by Crippen LogP contribution is -2.42. The van der Waals surface area contributed by atoms with Gasteiger partial charge in [0.05, 0.1) is 13.1 Å². The van der Waals surface area contributed by atoms with Crippen molar-refractivity contribution in [3.8, 4) is 5.75 Å². The molecule has 0 fully saturated rings. The second kappa shape index (κ2) is 7.56. The number of nitrogens with zero attached hydrogens (tertiary/aromatic N) is 3. The summed E-state index contributed by atoms with van der Waals surface area (Å²) in [6.45, 7) is 5.99. The number of carbonyl (C=O) groups excluding carboxylic acids is 2. The number of hydrazone groups is 1. The van der Waals surface area contributed by atoms with Crippen LogP contribution in [-0.2, 0) is 16.1 Å². The maximum atomic E-state index is 13.0. The molecule has 0 bridgehead atoms. The summed E-state index contributed by atoms with van der Waals surface area (Å²) < 4.78 is 6.68. The lowest BCUT2D eigenvalue weighted by molar-refractivity contribution is -0.132. The summed E-state index contributed by atoms with van der Waals surface area (Å²) in [6.07, 6.45) is 0.731. The Bertz CT molecular complexity index is 718. The van der Waals surface area contributed by atoms with E-state index in [4.69, 9.17) is 4.74 Å². The van der Waals surface area contributed by atoms with E-state index in [1.165, 1.54) is 5.01 Å². The Morgan fingerprint density at radius 2 is 2.16 bits per heavy atom. The van der Waals surface area contributed by atoms with E-state index in [-0.39, 0.29) is 11.8 Å². The highest BCUT2D eigenvalue weighted by molar-refractivity contribution is 9.10. The fourth-order valence-corrected chi connectivity index (χ4v) is 3.44. The quantitative estimate of drug-likeness (QED) is 0.773. The maximum absolute atomic E-state index is 13.0. The lowest BCUT2D eigenvalue weighted by atomic mass is 10.1. The average molecular weight is 408 g/mol. The first-order valence-corrected chi connectivity index (χ1v) is 9.32. The summed E-state index contributed by atoms with van der Waals surface area (Å²) in [6, 6.07) is 5.77. The van der Waals surface area contributed by atoms with Crippen LogP contribution in [0.15, 0.2) is 27.8 Å². The number of hydrogen-bond acceptors (Lipinski definition) is 4. The molecule has 0 saturated heterocycles. The van der Waals surface area contributed by atoms with Gasteiger partial charge < -0.3 is 9.64 Å². The molecule has 25 heavy (non-hydrogen) atoms. The highest BCUT2D eigenvalue weighted by Crippen LogP contribution is 2.30. The second-order valence-electron chi connectivity index (χ2n) is 6.71. The van der Waals surface area contributed by atoms with Crippen LogP contribution < -0.4 is 4.74 Å². The third kappa shape index (κ3) is 4.03. The van der Waals surface area contributed by atoms with Crippen molar-refractivity contribution in [2.45, 2.75) is 33.2 Å². The minimum absolute atomic E-state index is 0.0162. The van der Waals surface area contributed by atoms with Gasteiger partial charge in [0.1, 0.15) is 18.1 Å². The van der Waals surface area contributed by atoms with Gasteiger partial charge in [-0.1, -0.05) is 35.8 Å². The molecule has 2 aliphatic heterocycles. The molecule has 0 atom stereocenters. The Kier molecular flexibility index (Phi) is 5.42. The minimum atomic E-state index is -0.117. The normalized spacial score (nSPS) is 17.8. The lowest BCUT2D eigenvalue weighted by Gasteiger charge is -2.27.